The Morgan fingerprint density at radius 1 is 1.38 bits per heavy atom. The molecule has 16 heavy (non-hydrogen) atoms. The van der Waals surface area contributed by atoms with Crippen molar-refractivity contribution in [3.05, 3.63) is 46.6 Å². The number of hydrogen-bond donors (Lipinski definition) is 1. The van der Waals surface area contributed by atoms with Crippen molar-refractivity contribution in [2.24, 2.45) is 7.05 Å². The largest absolute Gasteiger partial charge is 0.478 e. The van der Waals surface area contributed by atoms with Gasteiger partial charge in [-0.3, -0.25) is 14.0 Å². The predicted molar refractivity (Wildman–Crippen MR) is 55.8 cm³/mol. The highest BCUT2D eigenvalue weighted by Gasteiger charge is 2.07. The minimum atomic E-state index is -1.07. The maximum Gasteiger partial charge on any atom is 0.337 e. The first kappa shape index (κ1) is 10.2. The molecule has 0 bridgehead atoms. The minimum absolute atomic E-state index is 0.0588. The summed E-state index contributed by atoms with van der Waals surface area (Å²) in [7, 11) is 1.72. The highest BCUT2D eigenvalue weighted by Crippen LogP contribution is 2.04. The lowest BCUT2D eigenvalue weighted by Gasteiger charge is -2.02. The standard InChI is InChI=1S/C10H9N3O3/c1-12-6-8(4-11-12)13-5-7(10(15)16)2-3-9(13)14/h2-6H,1H3,(H,15,16). The van der Waals surface area contributed by atoms with Gasteiger partial charge in [0.15, 0.2) is 0 Å². The van der Waals surface area contributed by atoms with Crippen LogP contribution >= 0.6 is 0 Å². The van der Waals surface area contributed by atoms with Crippen LogP contribution in [-0.2, 0) is 7.05 Å². The van der Waals surface area contributed by atoms with Gasteiger partial charge in [-0.2, -0.15) is 5.10 Å². The summed E-state index contributed by atoms with van der Waals surface area (Å²) in [6.07, 6.45) is 4.40. The summed E-state index contributed by atoms with van der Waals surface area (Å²) in [6.45, 7) is 0. The molecule has 0 spiro atoms. The van der Waals surface area contributed by atoms with Gasteiger partial charge in [-0.05, 0) is 6.07 Å². The first-order valence-electron chi connectivity index (χ1n) is 4.53. The Hall–Kier alpha value is -2.37. The highest BCUT2D eigenvalue weighted by molar-refractivity contribution is 5.87. The summed E-state index contributed by atoms with van der Waals surface area (Å²) in [4.78, 5) is 22.3. The molecular weight excluding hydrogens is 210 g/mol. The van der Waals surface area contributed by atoms with Crippen LogP contribution in [0.1, 0.15) is 10.4 Å². The summed E-state index contributed by atoms with van der Waals surface area (Å²) in [5.41, 5.74) is 0.303. The molecular formula is C10H9N3O3. The number of rotatable bonds is 2. The van der Waals surface area contributed by atoms with E-state index in [1.54, 1.807) is 13.2 Å². The number of nitrogens with zero attached hydrogens (tertiary/aromatic N) is 3. The molecule has 0 saturated carbocycles. The van der Waals surface area contributed by atoms with Crippen molar-refractivity contribution in [1.29, 1.82) is 0 Å². The molecule has 0 saturated heterocycles. The van der Waals surface area contributed by atoms with Crippen molar-refractivity contribution in [1.82, 2.24) is 14.3 Å². The second-order valence-corrected chi connectivity index (χ2v) is 3.30. The van der Waals surface area contributed by atoms with Crippen molar-refractivity contribution in [3.8, 4) is 5.69 Å². The highest BCUT2D eigenvalue weighted by atomic mass is 16.4. The Balaban J connectivity index is 2.60. The number of hydrogen-bond acceptors (Lipinski definition) is 3. The van der Waals surface area contributed by atoms with Crippen LogP contribution in [0.2, 0.25) is 0 Å². The fourth-order valence-corrected chi connectivity index (χ4v) is 1.35. The van der Waals surface area contributed by atoms with Crippen molar-refractivity contribution < 1.29 is 9.90 Å². The molecule has 0 aromatic carbocycles. The van der Waals surface area contributed by atoms with Crippen molar-refractivity contribution in [3.63, 3.8) is 0 Å². The average molecular weight is 219 g/mol. The zero-order valence-corrected chi connectivity index (χ0v) is 8.49. The van der Waals surface area contributed by atoms with Gasteiger partial charge in [0.25, 0.3) is 5.56 Å². The Labute approximate surface area is 90.4 Å². The first-order chi connectivity index (χ1) is 7.58. The maximum atomic E-state index is 11.5. The predicted octanol–water partition coefficient (Wildman–Crippen LogP) is 0.269. The van der Waals surface area contributed by atoms with E-state index < -0.39 is 5.97 Å². The van der Waals surface area contributed by atoms with Crippen LogP contribution in [0.5, 0.6) is 0 Å². The van der Waals surface area contributed by atoms with E-state index in [0.717, 1.165) is 0 Å². The third-order valence-electron chi connectivity index (χ3n) is 2.13. The van der Waals surface area contributed by atoms with Gasteiger partial charge in [-0.25, -0.2) is 4.79 Å². The molecule has 2 heterocycles. The van der Waals surface area contributed by atoms with E-state index in [9.17, 15) is 9.59 Å². The quantitative estimate of drug-likeness (QED) is 0.786. The number of carboxylic acids is 1. The van der Waals surface area contributed by atoms with Gasteiger partial charge in [0.1, 0.15) is 0 Å². The Bertz CT molecular complexity index is 597. The van der Waals surface area contributed by atoms with Gasteiger partial charge < -0.3 is 5.11 Å². The van der Waals surface area contributed by atoms with Crippen molar-refractivity contribution in [2.75, 3.05) is 0 Å². The Kier molecular flexibility index (Phi) is 2.32. The van der Waals surface area contributed by atoms with Crippen LogP contribution in [0.25, 0.3) is 5.69 Å². The number of pyridine rings is 1. The number of carbonyl (C=O) groups is 1. The molecule has 0 aliphatic rings. The zero-order chi connectivity index (χ0) is 11.7. The molecule has 0 aliphatic carbocycles. The number of aryl methyl sites for hydroxylation is 1. The normalized spacial score (nSPS) is 10.3. The number of carboxylic acid groups (broad SMARTS) is 1. The summed E-state index contributed by atoms with van der Waals surface area (Å²) < 4.78 is 2.78. The molecule has 0 unspecified atom stereocenters. The average Bonchev–Trinajstić information content (AvgIpc) is 2.65. The molecule has 0 fully saturated rings. The number of aromatic nitrogens is 3. The van der Waals surface area contributed by atoms with Crippen LogP contribution in [0, 0.1) is 0 Å². The van der Waals surface area contributed by atoms with E-state index in [0.29, 0.717) is 5.69 Å². The van der Waals surface area contributed by atoms with Crippen LogP contribution in [0.3, 0.4) is 0 Å². The van der Waals surface area contributed by atoms with Crippen LogP contribution < -0.4 is 5.56 Å². The SMILES string of the molecule is Cn1cc(-n2cc(C(=O)O)ccc2=O)cn1. The molecule has 2 aromatic heterocycles. The third-order valence-corrected chi connectivity index (χ3v) is 2.13. The molecule has 6 nitrogen and oxygen atoms in total. The zero-order valence-electron chi connectivity index (χ0n) is 8.49. The van der Waals surface area contributed by atoms with Crippen LogP contribution in [-0.4, -0.2) is 25.4 Å². The molecule has 2 aromatic rings. The van der Waals surface area contributed by atoms with Crippen LogP contribution in [0.4, 0.5) is 0 Å². The monoisotopic (exact) mass is 219 g/mol. The lowest BCUT2D eigenvalue weighted by atomic mass is 10.3. The second-order valence-electron chi connectivity index (χ2n) is 3.30. The van der Waals surface area contributed by atoms with Gasteiger partial charge in [-0.15, -0.1) is 0 Å². The second kappa shape index (κ2) is 3.65. The minimum Gasteiger partial charge on any atom is -0.478 e. The topological polar surface area (TPSA) is 77.1 Å². The van der Waals surface area contributed by atoms with E-state index in [2.05, 4.69) is 5.10 Å². The smallest absolute Gasteiger partial charge is 0.337 e. The third kappa shape index (κ3) is 1.72. The maximum absolute atomic E-state index is 11.5. The fraction of sp³-hybridized carbons (Fsp3) is 0.100. The summed E-state index contributed by atoms with van der Waals surface area (Å²) in [5, 5.41) is 12.7. The lowest BCUT2D eigenvalue weighted by molar-refractivity contribution is 0.0696. The summed E-state index contributed by atoms with van der Waals surface area (Å²) in [6, 6.07) is 2.49. The molecule has 0 amide bonds. The molecule has 1 N–H and O–H groups in total. The Morgan fingerprint density at radius 2 is 2.12 bits per heavy atom. The van der Waals surface area contributed by atoms with Gasteiger partial charge in [-0.1, -0.05) is 0 Å². The number of aromatic carboxylic acids is 1. The van der Waals surface area contributed by atoms with E-state index >= 15 is 0 Å². The van der Waals surface area contributed by atoms with Crippen LogP contribution in [0.15, 0.2) is 35.5 Å². The molecule has 0 radical (unpaired) electrons. The Morgan fingerprint density at radius 3 is 2.69 bits per heavy atom. The molecule has 0 atom stereocenters. The van der Waals surface area contributed by atoms with E-state index in [4.69, 9.17) is 5.11 Å². The van der Waals surface area contributed by atoms with Crippen molar-refractivity contribution in [2.45, 2.75) is 0 Å². The summed E-state index contributed by atoms with van der Waals surface area (Å²) >= 11 is 0. The van der Waals surface area contributed by atoms with E-state index in [1.165, 1.54) is 33.8 Å². The van der Waals surface area contributed by atoms with Crippen molar-refractivity contribution >= 4 is 5.97 Å². The van der Waals surface area contributed by atoms with E-state index in [1.807, 2.05) is 0 Å². The molecule has 0 aliphatic heterocycles. The molecule has 6 heteroatoms. The van der Waals surface area contributed by atoms with Gasteiger partial charge in [0.05, 0.1) is 17.4 Å². The fourth-order valence-electron chi connectivity index (χ4n) is 1.35. The van der Waals surface area contributed by atoms with Gasteiger partial charge in [0, 0.05) is 25.5 Å². The van der Waals surface area contributed by atoms with Gasteiger partial charge in [0.2, 0.25) is 0 Å². The molecule has 2 rings (SSSR count). The molecule has 82 valence electrons. The lowest BCUT2D eigenvalue weighted by Crippen LogP contribution is -2.17. The van der Waals surface area contributed by atoms with E-state index in [-0.39, 0.29) is 11.1 Å². The first-order valence-corrected chi connectivity index (χ1v) is 4.53. The summed E-state index contributed by atoms with van der Waals surface area (Å²) in [5.74, 6) is -1.07. The van der Waals surface area contributed by atoms with Gasteiger partial charge >= 0.3 is 5.97 Å².